The molecule has 1 aromatic heterocycles. The predicted octanol–water partition coefficient (Wildman–Crippen LogP) is 3.85. The van der Waals surface area contributed by atoms with Crippen molar-refractivity contribution in [1.82, 2.24) is 9.97 Å². The Kier molecular flexibility index (Phi) is 5.10. The minimum absolute atomic E-state index is 0.824. The van der Waals surface area contributed by atoms with Gasteiger partial charge in [-0.2, -0.15) is 11.8 Å². The first-order valence-corrected chi connectivity index (χ1v) is 8.00. The summed E-state index contributed by atoms with van der Waals surface area (Å²) in [5.41, 5.74) is 0. The van der Waals surface area contributed by atoms with Crippen molar-refractivity contribution in [2.75, 3.05) is 11.9 Å². The molecule has 0 spiro atoms. The SMILES string of the molecule is CCNc1nc(CSC2CCCC2)ncc1Br. The van der Waals surface area contributed by atoms with Crippen LogP contribution in [0.1, 0.15) is 38.4 Å². The molecule has 94 valence electrons. The van der Waals surface area contributed by atoms with E-state index in [1.54, 1.807) is 0 Å². The molecule has 2 rings (SSSR count). The number of aromatic nitrogens is 2. The highest BCUT2D eigenvalue weighted by molar-refractivity contribution is 9.10. The number of thioether (sulfide) groups is 1. The molecule has 0 saturated heterocycles. The Bertz CT molecular complexity index is 367. The molecule has 0 radical (unpaired) electrons. The van der Waals surface area contributed by atoms with Gasteiger partial charge in [0.15, 0.2) is 0 Å². The van der Waals surface area contributed by atoms with Crippen LogP contribution in [0.5, 0.6) is 0 Å². The van der Waals surface area contributed by atoms with Crippen LogP contribution in [0, 0.1) is 0 Å². The molecule has 1 saturated carbocycles. The highest BCUT2D eigenvalue weighted by Crippen LogP contribution is 2.31. The van der Waals surface area contributed by atoms with Crippen LogP contribution >= 0.6 is 27.7 Å². The van der Waals surface area contributed by atoms with Gasteiger partial charge in [-0.05, 0) is 35.7 Å². The van der Waals surface area contributed by atoms with E-state index in [1.165, 1.54) is 25.7 Å². The van der Waals surface area contributed by atoms with E-state index in [1.807, 2.05) is 18.0 Å². The second kappa shape index (κ2) is 6.59. The van der Waals surface area contributed by atoms with Crippen molar-refractivity contribution in [3.8, 4) is 0 Å². The summed E-state index contributed by atoms with van der Waals surface area (Å²) in [4.78, 5) is 8.90. The zero-order valence-corrected chi connectivity index (χ0v) is 12.5. The molecule has 0 amide bonds. The van der Waals surface area contributed by atoms with E-state index in [2.05, 4.69) is 38.1 Å². The van der Waals surface area contributed by atoms with Crippen molar-refractivity contribution in [3.63, 3.8) is 0 Å². The van der Waals surface area contributed by atoms with Gasteiger partial charge in [-0.1, -0.05) is 12.8 Å². The van der Waals surface area contributed by atoms with Crippen LogP contribution in [-0.2, 0) is 5.75 Å². The highest BCUT2D eigenvalue weighted by Gasteiger charge is 2.16. The molecule has 5 heteroatoms. The Morgan fingerprint density at radius 1 is 1.47 bits per heavy atom. The fraction of sp³-hybridized carbons (Fsp3) is 0.667. The van der Waals surface area contributed by atoms with Gasteiger partial charge in [0.1, 0.15) is 11.6 Å². The molecule has 1 N–H and O–H groups in total. The number of hydrogen-bond donors (Lipinski definition) is 1. The minimum atomic E-state index is 0.824. The van der Waals surface area contributed by atoms with Crippen molar-refractivity contribution < 1.29 is 0 Å². The number of halogens is 1. The monoisotopic (exact) mass is 315 g/mol. The van der Waals surface area contributed by atoms with Gasteiger partial charge in [-0.3, -0.25) is 0 Å². The van der Waals surface area contributed by atoms with Gasteiger partial charge < -0.3 is 5.32 Å². The van der Waals surface area contributed by atoms with Crippen LogP contribution in [-0.4, -0.2) is 21.8 Å². The first-order chi connectivity index (χ1) is 8.29. The Hall–Kier alpha value is -0.290. The Labute approximate surface area is 115 Å². The maximum absolute atomic E-state index is 4.53. The van der Waals surface area contributed by atoms with Gasteiger partial charge in [0.25, 0.3) is 0 Å². The van der Waals surface area contributed by atoms with E-state index in [4.69, 9.17) is 0 Å². The van der Waals surface area contributed by atoms with E-state index in [0.29, 0.717) is 0 Å². The summed E-state index contributed by atoms with van der Waals surface area (Å²) in [6.07, 6.45) is 7.35. The smallest absolute Gasteiger partial charge is 0.144 e. The summed E-state index contributed by atoms with van der Waals surface area (Å²) in [7, 11) is 0. The maximum Gasteiger partial charge on any atom is 0.144 e. The number of nitrogens with one attached hydrogen (secondary N) is 1. The minimum Gasteiger partial charge on any atom is -0.369 e. The normalized spacial score (nSPS) is 16.4. The summed E-state index contributed by atoms with van der Waals surface area (Å²) < 4.78 is 0.939. The lowest BCUT2D eigenvalue weighted by Gasteiger charge is -2.09. The summed E-state index contributed by atoms with van der Waals surface area (Å²) >= 11 is 5.46. The molecule has 3 nitrogen and oxygen atoms in total. The average molecular weight is 316 g/mol. The van der Waals surface area contributed by atoms with E-state index < -0.39 is 0 Å². The van der Waals surface area contributed by atoms with Crippen LogP contribution in [0.15, 0.2) is 10.7 Å². The molecule has 0 unspecified atom stereocenters. The zero-order valence-electron chi connectivity index (χ0n) is 10.1. The Morgan fingerprint density at radius 3 is 2.94 bits per heavy atom. The molecular formula is C12H18BrN3S. The first kappa shape index (κ1) is 13.1. The van der Waals surface area contributed by atoms with Crippen molar-refractivity contribution in [1.29, 1.82) is 0 Å². The molecule has 1 aliphatic rings. The first-order valence-electron chi connectivity index (χ1n) is 6.16. The lowest BCUT2D eigenvalue weighted by atomic mass is 10.4. The Balaban J connectivity index is 1.93. The largest absolute Gasteiger partial charge is 0.369 e. The lowest BCUT2D eigenvalue weighted by Crippen LogP contribution is -2.04. The van der Waals surface area contributed by atoms with Crippen molar-refractivity contribution in [2.45, 2.75) is 43.6 Å². The van der Waals surface area contributed by atoms with Crippen molar-refractivity contribution in [3.05, 3.63) is 16.5 Å². The number of hydrogen-bond acceptors (Lipinski definition) is 4. The van der Waals surface area contributed by atoms with E-state index in [-0.39, 0.29) is 0 Å². The maximum atomic E-state index is 4.53. The fourth-order valence-electron chi connectivity index (χ4n) is 2.01. The second-order valence-corrected chi connectivity index (χ2v) is 6.37. The molecule has 0 aliphatic heterocycles. The molecular weight excluding hydrogens is 298 g/mol. The summed E-state index contributed by atoms with van der Waals surface area (Å²) in [5.74, 6) is 2.77. The van der Waals surface area contributed by atoms with Gasteiger partial charge in [-0.15, -0.1) is 0 Å². The van der Waals surface area contributed by atoms with Gasteiger partial charge in [0.05, 0.1) is 10.2 Å². The number of nitrogens with zero attached hydrogens (tertiary/aromatic N) is 2. The fourth-order valence-corrected chi connectivity index (χ4v) is 3.53. The van der Waals surface area contributed by atoms with Crippen LogP contribution < -0.4 is 5.32 Å². The van der Waals surface area contributed by atoms with Crippen LogP contribution in [0.25, 0.3) is 0 Å². The molecule has 17 heavy (non-hydrogen) atoms. The van der Waals surface area contributed by atoms with Crippen molar-refractivity contribution >= 4 is 33.5 Å². The van der Waals surface area contributed by atoms with E-state index >= 15 is 0 Å². The molecule has 1 fully saturated rings. The zero-order chi connectivity index (χ0) is 12.1. The second-order valence-electron chi connectivity index (χ2n) is 4.23. The summed E-state index contributed by atoms with van der Waals surface area (Å²) in [5, 5.41) is 4.06. The Morgan fingerprint density at radius 2 is 2.24 bits per heavy atom. The molecule has 0 atom stereocenters. The average Bonchev–Trinajstić information content (AvgIpc) is 2.83. The predicted molar refractivity (Wildman–Crippen MR) is 77.4 cm³/mol. The highest BCUT2D eigenvalue weighted by atomic mass is 79.9. The number of rotatable bonds is 5. The third kappa shape index (κ3) is 3.85. The van der Waals surface area contributed by atoms with Gasteiger partial charge in [0.2, 0.25) is 0 Å². The summed E-state index contributed by atoms with van der Waals surface area (Å²) in [6, 6.07) is 0. The number of anilines is 1. The molecule has 0 aromatic carbocycles. The molecule has 1 heterocycles. The van der Waals surface area contributed by atoms with Crippen LogP contribution in [0.2, 0.25) is 0 Å². The van der Waals surface area contributed by atoms with E-state index in [0.717, 1.165) is 33.7 Å². The van der Waals surface area contributed by atoms with Crippen LogP contribution in [0.4, 0.5) is 5.82 Å². The standard InChI is InChI=1S/C12H18BrN3S/c1-2-14-12-10(13)7-15-11(16-12)8-17-9-5-3-4-6-9/h7,9H,2-6,8H2,1H3,(H,14,15,16). The van der Waals surface area contributed by atoms with Crippen LogP contribution in [0.3, 0.4) is 0 Å². The third-order valence-corrected chi connectivity index (χ3v) is 4.84. The third-order valence-electron chi connectivity index (χ3n) is 2.89. The lowest BCUT2D eigenvalue weighted by molar-refractivity contribution is 0.886. The van der Waals surface area contributed by atoms with Crippen molar-refractivity contribution in [2.24, 2.45) is 0 Å². The van der Waals surface area contributed by atoms with E-state index in [9.17, 15) is 0 Å². The van der Waals surface area contributed by atoms with Gasteiger partial charge >= 0.3 is 0 Å². The van der Waals surface area contributed by atoms with Gasteiger partial charge in [-0.25, -0.2) is 9.97 Å². The molecule has 0 bridgehead atoms. The summed E-state index contributed by atoms with van der Waals surface area (Å²) in [6.45, 7) is 2.95. The molecule has 1 aromatic rings. The van der Waals surface area contributed by atoms with Gasteiger partial charge in [0, 0.05) is 18.0 Å². The molecule has 1 aliphatic carbocycles. The topological polar surface area (TPSA) is 37.8 Å². The quantitative estimate of drug-likeness (QED) is 0.895.